The Hall–Kier alpha value is -1.47. The second-order valence-corrected chi connectivity index (χ2v) is 5.45. The Bertz CT molecular complexity index is 647. The van der Waals surface area contributed by atoms with Crippen LogP contribution in [0.15, 0.2) is 36.4 Å². The van der Waals surface area contributed by atoms with Crippen molar-refractivity contribution in [3.8, 4) is 0 Å². The van der Waals surface area contributed by atoms with Gasteiger partial charge in [0.25, 0.3) is 0 Å². The first-order valence-electron chi connectivity index (χ1n) is 5.32. The Kier molecular flexibility index (Phi) is 4.16. The molecule has 2 aromatic rings. The Balaban J connectivity index is 2.29. The van der Waals surface area contributed by atoms with Gasteiger partial charge in [0.15, 0.2) is 0 Å². The van der Waals surface area contributed by atoms with Gasteiger partial charge < -0.3 is 16.2 Å². The molecular formula is C13H10ClIN2O2. The second-order valence-electron chi connectivity index (χ2n) is 3.86. The third kappa shape index (κ3) is 3.30. The first kappa shape index (κ1) is 14.0. The maximum Gasteiger partial charge on any atom is 0.337 e. The molecule has 2 aromatic carbocycles. The van der Waals surface area contributed by atoms with E-state index in [9.17, 15) is 4.79 Å². The lowest BCUT2D eigenvalue weighted by Crippen LogP contribution is -2.03. The number of carboxylic acid groups (broad SMARTS) is 1. The fourth-order valence-corrected chi connectivity index (χ4v) is 2.59. The van der Waals surface area contributed by atoms with Crippen LogP contribution in [0, 0.1) is 3.57 Å². The van der Waals surface area contributed by atoms with Gasteiger partial charge in [0.05, 0.1) is 11.3 Å². The van der Waals surface area contributed by atoms with Crippen LogP contribution < -0.4 is 11.1 Å². The van der Waals surface area contributed by atoms with E-state index in [0.717, 1.165) is 14.9 Å². The van der Waals surface area contributed by atoms with E-state index < -0.39 is 5.97 Å². The molecule has 0 fully saturated rings. The van der Waals surface area contributed by atoms with Crippen molar-refractivity contribution in [2.75, 3.05) is 11.1 Å². The average molecular weight is 389 g/mol. The normalized spacial score (nSPS) is 10.2. The van der Waals surface area contributed by atoms with Gasteiger partial charge in [-0.15, -0.1) is 0 Å². The van der Waals surface area contributed by atoms with Crippen LogP contribution in [0.4, 0.5) is 17.1 Å². The van der Waals surface area contributed by atoms with Crippen LogP contribution in [0.2, 0.25) is 5.02 Å². The van der Waals surface area contributed by atoms with E-state index in [-0.39, 0.29) is 11.3 Å². The highest BCUT2D eigenvalue weighted by Crippen LogP contribution is 2.27. The molecule has 0 spiro atoms. The van der Waals surface area contributed by atoms with Crippen molar-refractivity contribution < 1.29 is 9.90 Å². The summed E-state index contributed by atoms with van der Waals surface area (Å²) < 4.78 is 0.964. The lowest BCUT2D eigenvalue weighted by molar-refractivity contribution is 0.0698. The van der Waals surface area contributed by atoms with Gasteiger partial charge >= 0.3 is 5.97 Å². The number of halogens is 2. The Morgan fingerprint density at radius 3 is 2.58 bits per heavy atom. The van der Waals surface area contributed by atoms with Gasteiger partial charge in [-0.1, -0.05) is 11.6 Å². The van der Waals surface area contributed by atoms with Crippen molar-refractivity contribution in [1.82, 2.24) is 0 Å². The number of aromatic carboxylic acids is 1. The zero-order valence-electron chi connectivity index (χ0n) is 9.65. The first-order chi connectivity index (χ1) is 8.97. The zero-order chi connectivity index (χ0) is 14.0. The van der Waals surface area contributed by atoms with Gasteiger partial charge in [-0.2, -0.15) is 0 Å². The van der Waals surface area contributed by atoms with Crippen molar-refractivity contribution >= 4 is 57.2 Å². The molecular weight excluding hydrogens is 379 g/mol. The van der Waals surface area contributed by atoms with E-state index in [4.69, 9.17) is 22.4 Å². The van der Waals surface area contributed by atoms with Crippen LogP contribution >= 0.6 is 34.2 Å². The van der Waals surface area contributed by atoms with Gasteiger partial charge in [-0.05, 0) is 59.0 Å². The number of benzene rings is 2. The number of nitrogen functional groups attached to an aromatic ring is 1. The number of rotatable bonds is 3. The van der Waals surface area contributed by atoms with Gasteiger partial charge in [-0.3, -0.25) is 0 Å². The van der Waals surface area contributed by atoms with Crippen molar-refractivity contribution in [2.45, 2.75) is 0 Å². The third-order valence-corrected chi connectivity index (χ3v) is 3.62. The van der Waals surface area contributed by atoms with E-state index in [1.807, 2.05) is 12.1 Å². The highest BCUT2D eigenvalue weighted by Gasteiger charge is 2.08. The Morgan fingerprint density at radius 1 is 1.26 bits per heavy atom. The fraction of sp³-hybridized carbons (Fsp3) is 0. The van der Waals surface area contributed by atoms with Gasteiger partial charge in [0, 0.05) is 20.0 Å². The zero-order valence-corrected chi connectivity index (χ0v) is 12.6. The van der Waals surface area contributed by atoms with Crippen LogP contribution in [-0.4, -0.2) is 11.1 Å². The molecule has 2 rings (SSSR count). The highest BCUT2D eigenvalue weighted by atomic mass is 127. The molecule has 0 heterocycles. The molecule has 6 heteroatoms. The summed E-state index contributed by atoms with van der Waals surface area (Å²) in [5.41, 5.74) is 7.62. The van der Waals surface area contributed by atoms with Gasteiger partial charge in [0.1, 0.15) is 0 Å². The molecule has 98 valence electrons. The molecule has 0 aliphatic carbocycles. The van der Waals surface area contributed by atoms with Gasteiger partial charge in [0.2, 0.25) is 0 Å². The molecule has 0 saturated heterocycles. The number of carboxylic acids is 1. The fourth-order valence-electron chi connectivity index (χ4n) is 1.58. The largest absolute Gasteiger partial charge is 0.478 e. The third-order valence-electron chi connectivity index (χ3n) is 2.49. The van der Waals surface area contributed by atoms with Crippen LogP contribution in [0.1, 0.15) is 10.4 Å². The molecule has 0 unspecified atom stereocenters. The van der Waals surface area contributed by atoms with Crippen molar-refractivity contribution in [3.63, 3.8) is 0 Å². The molecule has 0 bridgehead atoms. The van der Waals surface area contributed by atoms with Crippen molar-refractivity contribution in [2.24, 2.45) is 0 Å². The average Bonchev–Trinajstić information content (AvgIpc) is 2.32. The molecule has 0 radical (unpaired) electrons. The minimum absolute atomic E-state index is 0.0938. The van der Waals surface area contributed by atoms with Crippen LogP contribution in [-0.2, 0) is 0 Å². The van der Waals surface area contributed by atoms with E-state index in [2.05, 4.69) is 27.9 Å². The van der Waals surface area contributed by atoms with E-state index in [1.54, 1.807) is 18.2 Å². The molecule has 0 atom stereocenters. The molecule has 19 heavy (non-hydrogen) atoms. The van der Waals surface area contributed by atoms with E-state index >= 15 is 0 Å². The molecule has 0 aliphatic rings. The number of hydrogen-bond acceptors (Lipinski definition) is 3. The standard InChI is InChI=1S/C13H10ClIN2O2/c14-7-1-4-12(10(15)5-7)17-8-2-3-9(13(18)19)11(16)6-8/h1-6,17H,16H2,(H,18,19). The maximum atomic E-state index is 10.9. The molecule has 0 amide bonds. The monoisotopic (exact) mass is 388 g/mol. The first-order valence-corrected chi connectivity index (χ1v) is 6.78. The summed E-state index contributed by atoms with van der Waals surface area (Å²) in [4.78, 5) is 10.9. The van der Waals surface area contributed by atoms with Crippen molar-refractivity contribution in [3.05, 3.63) is 50.6 Å². The predicted octanol–water partition coefficient (Wildman–Crippen LogP) is 3.97. The van der Waals surface area contributed by atoms with Crippen LogP contribution in [0.25, 0.3) is 0 Å². The molecule has 4 N–H and O–H groups in total. The quantitative estimate of drug-likeness (QED) is 0.549. The maximum absolute atomic E-state index is 10.9. The van der Waals surface area contributed by atoms with E-state index in [1.165, 1.54) is 6.07 Å². The molecule has 0 aliphatic heterocycles. The summed E-state index contributed by atoms with van der Waals surface area (Å²) in [6.45, 7) is 0. The number of anilines is 3. The summed E-state index contributed by atoms with van der Waals surface area (Å²) in [5, 5.41) is 12.7. The number of nitrogens with one attached hydrogen (secondary N) is 1. The smallest absolute Gasteiger partial charge is 0.337 e. The predicted molar refractivity (Wildman–Crippen MR) is 85.3 cm³/mol. The minimum atomic E-state index is -1.04. The number of carbonyl (C=O) groups is 1. The number of hydrogen-bond donors (Lipinski definition) is 3. The van der Waals surface area contributed by atoms with Crippen molar-refractivity contribution in [1.29, 1.82) is 0 Å². The summed E-state index contributed by atoms with van der Waals surface area (Å²) >= 11 is 8.05. The lowest BCUT2D eigenvalue weighted by atomic mass is 10.1. The molecule has 0 aromatic heterocycles. The molecule has 0 saturated carbocycles. The number of nitrogens with two attached hydrogens (primary N) is 1. The topological polar surface area (TPSA) is 75.3 Å². The summed E-state index contributed by atoms with van der Waals surface area (Å²) in [7, 11) is 0. The lowest BCUT2D eigenvalue weighted by Gasteiger charge is -2.10. The summed E-state index contributed by atoms with van der Waals surface area (Å²) in [5.74, 6) is -1.04. The summed E-state index contributed by atoms with van der Waals surface area (Å²) in [6.07, 6.45) is 0. The van der Waals surface area contributed by atoms with Gasteiger partial charge in [-0.25, -0.2) is 4.79 Å². The Labute approximate surface area is 128 Å². The minimum Gasteiger partial charge on any atom is -0.478 e. The van der Waals surface area contributed by atoms with Crippen LogP contribution in [0.5, 0.6) is 0 Å². The SMILES string of the molecule is Nc1cc(Nc2ccc(Cl)cc2I)ccc1C(=O)O. The van der Waals surface area contributed by atoms with Crippen LogP contribution in [0.3, 0.4) is 0 Å². The van der Waals surface area contributed by atoms with E-state index in [0.29, 0.717) is 5.02 Å². The highest BCUT2D eigenvalue weighted by molar-refractivity contribution is 14.1. The summed E-state index contributed by atoms with van der Waals surface area (Å²) in [6, 6.07) is 10.2. The Morgan fingerprint density at radius 2 is 2.00 bits per heavy atom. The second kappa shape index (κ2) is 5.66. The molecule has 4 nitrogen and oxygen atoms in total.